The molecular weight excluding hydrogens is 603 g/mol. The van der Waals surface area contributed by atoms with Crippen molar-refractivity contribution in [1.29, 1.82) is 0 Å². The van der Waals surface area contributed by atoms with Crippen LogP contribution in [0.5, 0.6) is 0 Å². The van der Waals surface area contributed by atoms with E-state index in [2.05, 4.69) is 52.9 Å². The van der Waals surface area contributed by atoms with E-state index in [1.165, 1.54) is 6.92 Å². The van der Waals surface area contributed by atoms with Gasteiger partial charge >= 0.3 is 17.6 Å². The highest BCUT2D eigenvalue weighted by Crippen LogP contribution is 2.41. The Balaban J connectivity index is 2.55. The Labute approximate surface area is 184 Å². The van der Waals surface area contributed by atoms with Gasteiger partial charge in [-0.3, -0.25) is 25.0 Å². The average molecular weight is 610 g/mol. The molecule has 1 heterocycles. The molecule has 1 amide bonds. The molecule has 0 radical (unpaired) electrons. The van der Waals surface area contributed by atoms with Crippen LogP contribution < -0.4 is 5.32 Å². The van der Waals surface area contributed by atoms with Crippen LogP contribution in [0, 0.1) is 20.2 Å². The van der Waals surface area contributed by atoms with Gasteiger partial charge in [-0.25, -0.2) is 4.68 Å². The van der Waals surface area contributed by atoms with Crippen molar-refractivity contribution in [3.8, 4) is 0 Å². The van der Waals surface area contributed by atoms with Crippen LogP contribution in [0.2, 0.25) is 0 Å². The number of hydrogen-bond donors (Lipinski definition) is 1. The Morgan fingerprint density at radius 3 is 2.00 bits per heavy atom. The van der Waals surface area contributed by atoms with Gasteiger partial charge in [-0.15, -0.1) is 0 Å². The lowest BCUT2D eigenvalue weighted by molar-refractivity contribution is -0.392. The molecule has 0 aliphatic rings. The van der Waals surface area contributed by atoms with Gasteiger partial charge < -0.3 is 5.32 Å². The molecule has 2 rings (SSSR count). The van der Waals surface area contributed by atoms with Gasteiger partial charge in [0.05, 0.1) is 19.9 Å². The molecule has 16 heteroatoms. The van der Waals surface area contributed by atoms with Crippen molar-refractivity contribution in [2.24, 2.45) is 0 Å². The largest absolute Gasteiger partial charge is 0.416 e. The zero-order valence-electron chi connectivity index (χ0n) is 13.8. The van der Waals surface area contributed by atoms with Crippen molar-refractivity contribution in [3.05, 3.63) is 51.6 Å². The van der Waals surface area contributed by atoms with Gasteiger partial charge in [0.25, 0.3) is 0 Å². The summed E-state index contributed by atoms with van der Waals surface area (Å²) in [5, 5.41) is 28.4. The Bertz CT molecular complexity index is 991. The smallest absolute Gasteiger partial charge is 0.313 e. The maximum atomic E-state index is 12.9. The van der Waals surface area contributed by atoms with Crippen molar-refractivity contribution in [1.82, 2.24) is 9.78 Å². The molecule has 1 aromatic heterocycles. The summed E-state index contributed by atoms with van der Waals surface area (Å²) in [5.74, 6) is -0.987. The van der Waals surface area contributed by atoms with Crippen LogP contribution in [0.3, 0.4) is 0 Å². The van der Waals surface area contributed by atoms with E-state index in [4.69, 9.17) is 0 Å². The average Bonchev–Trinajstić information content (AvgIpc) is 2.87. The minimum absolute atomic E-state index is 0.115. The van der Waals surface area contributed by atoms with Crippen molar-refractivity contribution in [3.63, 3.8) is 0 Å². The first-order chi connectivity index (χ1) is 13.3. The molecule has 0 aliphatic carbocycles. The number of rotatable bonds is 5. The van der Waals surface area contributed by atoms with Gasteiger partial charge in [0, 0.05) is 12.1 Å². The van der Waals surface area contributed by atoms with E-state index in [9.17, 15) is 38.2 Å². The molecule has 0 spiro atoms. The molecule has 1 aromatic carbocycles. The predicted molar refractivity (Wildman–Crippen MR) is 103 cm³/mol. The summed E-state index contributed by atoms with van der Waals surface area (Å²) in [6, 6.07) is -0.914. The normalized spacial score (nSPS) is 12.5. The molecule has 1 N–H and O–H groups in total. The van der Waals surface area contributed by atoms with E-state index in [0.717, 1.165) is 4.68 Å². The number of amides is 1. The Hall–Kier alpha value is -2.07. The molecule has 0 saturated heterocycles. The SMILES string of the molecule is CC(C(=O)Nc1c([N+](=O)[O-])cc(C(F)(F)F)cc1[N+](=O)[O-])n1nc(Br)c(Br)c1Br. The van der Waals surface area contributed by atoms with Crippen LogP contribution in [-0.4, -0.2) is 25.5 Å². The number of carbonyl (C=O) groups excluding carboxylic acids is 1. The second kappa shape index (κ2) is 8.35. The fourth-order valence-electron chi connectivity index (χ4n) is 2.15. The number of halogens is 6. The van der Waals surface area contributed by atoms with E-state index in [1.54, 1.807) is 0 Å². The number of nitro benzene ring substituents is 2. The maximum Gasteiger partial charge on any atom is 0.416 e. The lowest BCUT2D eigenvalue weighted by atomic mass is 10.1. The lowest BCUT2D eigenvalue weighted by Crippen LogP contribution is -2.25. The Morgan fingerprint density at radius 2 is 1.66 bits per heavy atom. The third-order valence-electron chi connectivity index (χ3n) is 3.57. The first-order valence-corrected chi connectivity index (χ1v) is 9.57. The predicted octanol–water partition coefficient (Wildman–Crippen LogP) is 5.21. The monoisotopic (exact) mass is 607 g/mol. The van der Waals surface area contributed by atoms with E-state index < -0.39 is 50.6 Å². The Morgan fingerprint density at radius 1 is 1.17 bits per heavy atom. The molecular formula is C13H7Br3F3N5O5. The molecule has 0 aliphatic heterocycles. The van der Waals surface area contributed by atoms with E-state index in [0.29, 0.717) is 13.7 Å². The molecule has 1 unspecified atom stereocenters. The highest BCUT2D eigenvalue weighted by molar-refractivity contribution is 9.14. The number of nitrogens with one attached hydrogen (secondary N) is 1. The summed E-state index contributed by atoms with van der Waals surface area (Å²) in [7, 11) is 0. The molecule has 0 bridgehead atoms. The zero-order chi connectivity index (χ0) is 22.3. The highest BCUT2D eigenvalue weighted by Gasteiger charge is 2.38. The van der Waals surface area contributed by atoms with E-state index in [-0.39, 0.29) is 12.1 Å². The molecule has 0 saturated carbocycles. The van der Waals surface area contributed by atoms with E-state index in [1.807, 2.05) is 5.32 Å². The van der Waals surface area contributed by atoms with Crippen molar-refractivity contribution >= 4 is 70.8 Å². The Kier molecular flexibility index (Phi) is 6.68. The van der Waals surface area contributed by atoms with Crippen LogP contribution in [0.4, 0.5) is 30.2 Å². The van der Waals surface area contributed by atoms with E-state index >= 15 is 0 Å². The minimum Gasteiger partial charge on any atom is -0.313 e. The highest BCUT2D eigenvalue weighted by atomic mass is 79.9. The van der Waals surface area contributed by atoms with Crippen LogP contribution in [0.25, 0.3) is 0 Å². The minimum atomic E-state index is -5.07. The van der Waals surface area contributed by atoms with Crippen LogP contribution in [0.15, 0.2) is 25.8 Å². The number of aromatic nitrogens is 2. The quantitative estimate of drug-likeness (QED) is 0.366. The van der Waals surface area contributed by atoms with Gasteiger partial charge in [-0.1, -0.05) is 0 Å². The third-order valence-corrected chi connectivity index (χ3v) is 6.70. The molecule has 1 atom stereocenters. The third kappa shape index (κ3) is 4.75. The maximum absolute atomic E-state index is 12.9. The number of nitrogens with zero attached hydrogens (tertiary/aromatic N) is 4. The molecule has 29 heavy (non-hydrogen) atoms. The second-order valence-corrected chi connectivity index (χ2v) is 7.70. The number of carbonyl (C=O) groups is 1. The van der Waals surface area contributed by atoms with Gasteiger partial charge in [0.15, 0.2) is 5.69 Å². The first kappa shape index (κ1) is 23.2. The number of hydrogen-bond acceptors (Lipinski definition) is 6. The van der Waals surface area contributed by atoms with Crippen molar-refractivity contribution < 1.29 is 27.8 Å². The van der Waals surface area contributed by atoms with Crippen molar-refractivity contribution in [2.45, 2.75) is 19.1 Å². The summed E-state index contributed by atoms with van der Waals surface area (Å²) in [6.45, 7) is 1.33. The molecule has 0 fully saturated rings. The molecule has 2 aromatic rings. The summed E-state index contributed by atoms with van der Waals surface area (Å²) >= 11 is 9.46. The van der Waals surface area contributed by atoms with Gasteiger partial charge in [0.1, 0.15) is 15.2 Å². The molecule has 156 valence electrons. The summed E-state index contributed by atoms with van der Waals surface area (Å²) < 4.78 is 41.1. The van der Waals surface area contributed by atoms with Crippen LogP contribution in [-0.2, 0) is 11.0 Å². The topological polar surface area (TPSA) is 133 Å². The second-order valence-electron chi connectivity index (χ2n) is 5.41. The standard InChI is InChI=1S/C13H7Br3F3N5O5/c1-4(22-11(16)8(14)10(15)21-22)12(25)20-9-6(23(26)27)2-5(13(17,18)19)3-7(9)24(28)29/h2-4H,1H3,(H,20,25). The van der Waals surface area contributed by atoms with Gasteiger partial charge in [-0.2, -0.15) is 18.3 Å². The zero-order valence-corrected chi connectivity index (χ0v) is 18.6. The number of anilines is 1. The first-order valence-electron chi connectivity index (χ1n) is 7.19. The summed E-state index contributed by atoms with van der Waals surface area (Å²) in [4.78, 5) is 32.5. The number of alkyl halides is 3. The summed E-state index contributed by atoms with van der Waals surface area (Å²) in [5.41, 5.74) is -5.10. The molecule has 10 nitrogen and oxygen atoms in total. The van der Waals surface area contributed by atoms with Crippen LogP contribution in [0.1, 0.15) is 18.5 Å². The lowest BCUT2D eigenvalue weighted by Gasteiger charge is -2.15. The fraction of sp³-hybridized carbons (Fsp3) is 0.231. The van der Waals surface area contributed by atoms with Gasteiger partial charge in [0.2, 0.25) is 5.91 Å². The fourth-order valence-corrected chi connectivity index (χ4v) is 3.61. The number of nitro groups is 2. The van der Waals surface area contributed by atoms with Crippen LogP contribution >= 0.6 is 47.8 Å². The summed E-state index contributed by atoms with van der Waals surface area (Å²) in [6.07, 6.45) is -5.07. The number of benzene rings is 1. The van der Waals surface area contributed by atoms with Gasteiger partial charge in [-0.05, 0) is 54.7 Å². The van der Waals surface area contributed by atoms with Crippen molar-refractivity contribution in [2.75, 3.05) is 5.32 Å².